The highest BCUT2D eigenvalue weighted by Crippen LogP contribution is 2.30. The molecule has 0 spiro atoms. The van der Waals surface area contributed by atoms with E-state index in [9.17, 15) is 4.79 Å². The first-order valence-corrected chi connectivity index (χ1v) is 6.36. The molecule has 1 amide bonds. The van der Waals surface area contributed by atoms with E-state index in [0.717, 1.165) is 24.3 Å². The summed E-state index contributed by atoms with van der Waals surface area (Å²) >= 11 is 0. The van der Waals surface area contributed by atoms with Crippen molar-refractivity contribution in [2.75, 3.05) is 29.9 Å². The molecule has 4 heteroatoms. The largest absolute Gasteiger partial charge is 0.361 e. The first-order valence-electron chi connectivity index (χ1n) is 6.36. The molecule has 1 aromatic carbocycles. The summed E-state index contributed by atoms with van der Waals surface area (Å²) < 4.78 is 0. The van der Waals surface area contributed by atoms with Gasteiger partial charge in [0.2, 0.25) is 5.91 Å². The predicted octanol–water partition coefficient (Wildman–Crippen LogP) is 1.82. The van der Waals surface area contributed by atoms with Gasteiger partial charge in [-0.2, -0.15) is 0 Å². The Kier molecular flexibility index (Phi) is 3.57. The van der Waals surface area contributed by atoms with Gasteiger partial charge in [0.15, 0.2) is 0 Å². The number of carbonyl (C=O) groups is 1. The fourth-order valence-corrected chi connectivity index (χ4v) is 2.04. The van der Waals surface area contributed by atoms with E-state index < -0.39 is 0 Å². The van der Waals surface area contributed by atoms with Crippen LogP contribution in [0.1, 0.15) is 20.3 Å². The first-order chi connectivity index (χ1) is 8.52. The van der Waals surface area contributed by atoms with Crippen molar-refractivity contribution in [1.29, 1.82) is 0 Å². The van der Waals surface area contributed by atoms with E-state index in [1.807, 2.05) is 24.3 Å². The van der Waals surface area contributed by atoms with E-state index in [1.54, 1.807) is 0 Å². The van der Waals surface area contributed by atoms with Crippen LogP contribution < -0.4 is 16.0 Å². The van der Waals surface area contributed by atoms with Crippen molar-refractivity contribution in [2.45, 2.75) is 20.3 Å². The summed E-state index contributed by atoms with van der Waals surface area (Å²) in [6.45, 7) is 6.26. The normalized spacial score (nSPS) is 15.3. The Morgan fingerprint density at radius 3 is 2.83 bits per heavy atom. The number of anilines is 2. The number of nitrogens with two attached hydrogens (primary N) is 1. The van der Waals surface area contributed by atoms with Crippen LogP contribution in [0.5, 0.6) is 0 Å². The maximum atomic E-state index is 11.7. The Balaban J connectivity index is 2.12. The van der Waals surface area contributed by atoms with Crippen LogP contribution in [0.4, 0.5) is 11.4 Å². The molecule has 18 heavy (non-hydrogen) atoms. The zero-order chi connectivity index (χ0) is 13.2. The highest BCUT2D eigenvalue weighted by Gasteiger charge is 2.23. The Morgan fingerprint density at radius 2 is 2.11 bits per heavy atom. The summed E-state index contributed by atoms with van der Waals surface area (Å²) in [6.07, 6.45) is 0.977. The zero-order valence-electron chi connectivity index (χ0n) is 11.1. The molecule has 0 radical (unpaired) electrons. The van der Waals surface area contributed by atoms with Gasteiger partial charge in [-0.25, -0.2) is 0 Å². The third-order valence-electron chi connectivity index (χ3n) is 3.46. The number of carbonyl (C=O) groups excluding carboxylic acids is 1. The SMILES string of the molecule is CC(C)(CN)CCN1CC(=O)Nc2ccccc21. The molecule has 0 saturated carbocycles. The van der Waals surface area contributed by atoms with Gasteiger partial charge in [-0.15, -0.1) is 0 Å². The van der Waals surface area contributed by atoms with E-state index in [-0.39, 0.29) is 11.3 Å². The van der Waals surface area contributed by atoms with Gasteiger partial charge in [-0.05, 0) is 30.5 Å². The molecule has 0 unspecified atom stereocenters. The second-order valence-corrected chi connectivity index (χ2v) is 5.61. The molecule has 98 valence electrons. The highest BCUT2D eigenvalue weighted by molar-refractivity contribution is 6.01. The molecule has 0 saturated heterocycles. The number of rotatable bonds is 4. The highest BCUT2D eigenvalue weighted by atomic mass is 16.2. The van der Waals surface area contributed by atoms with Gasteiger partial charge in [-0.3, -0.25) is 4.79 Å². The summed E-state index contributed by atoms with van der Waals surface area (Å²) in [6, 6.07) is 7.92. The minimum absolute atomic E-state index is 0.0549. The monoisotopic (exact) mass is 247 g/mol. The Morgan fingerprint density at radius 1 is 1.39 bits per heavy atom. The number of para-hydroxylation sites is 2. The molecule has 4 nitrogen and oxygen atoms in total. The zero-order valence-corrected chi connectivity index (χ0v) is 11.1. The van der Waals surface area contributed by atoms with E-state index >= 15 is 0 Å². The Bertz CT molecular complexity index is 442. The molecule has 1 aliphatic heterocycles. The standard InChI is InChI=1S/C14H21N3O/c1-14(2,10-15)7-8-17-9-13(18)16-11-5-3-4-6-12(11)17/h3-6H,7-10,15H2,1-2H3,(H,16,18). The van der Waals surface area contributed by atoms with Crippen LogP contribution in [0, 0.1) is 5.41 Å². The predicted molar refractivity (Wildman–Crippen MR) is 74.7 cm³/mol. The van der Waals surface area contributed by atoms with Crippen molar-refractivity contribution in [1.82, 2.24) is 0 Å². The molecule has 1 aromatic rings. The average Bonchev–Trinajstić information content (AvgIpc) is 2.36. The third kappa shape index (κ3) is 2.82. The Hall–Kier alpha value is -1.55. The van der Waals surface area contributed by atoms with Crippen molar-refractivity contribution in [3.05, 3.63) is 24.3 Å². The fraction of sp³-hybridized carbons (Fsp3) is 0.500. The molecule has 2 rings (SSSR count). The second-order valence-electron chi connectivity index (χ2n) is 5.61. The number of fused-ring (bicyclic) bond motifs is 1. The van der Waals surface area contributed by atoms with Crippen LogP contribution >= 0.6 is 0 Å². The number of hydrogen-bond acceptors (Lipinski definition) is 3. The van der Waals surface area contributed by atoms with Gasteiger partial charge in [-0.1, -0.05) is 26.0 Å². The second kappa shape index (κ2) is 4.98. The molecule has 1 aliphatic rings. The first kappa shape index (κ1) is 12.9. The fourth-order valence-electron chi connectivity index (χ4n) is 2.04. The third-order valence-corrected chi connectivity index (χ3v) is 3.46. The maximum absolute atomic E-state index is 11.7. The van der Waals surface area contributed by atoms with Gasteiger partial charge >= 0.3 is 0 Å². The van der Waals surface area contributed by atoms with E-state index in [0.29, 0.717) is 13.1 Å². The smallest absolute Gasteiger partial charge is 0.243 e. The molecule has 0 fully saturated rings. The van der Waals surface area contributed by atoms with Crippen LogP contribution in [-0.4, -0.2) is 25.5 Å². The lowest BCUT2D eigenvalue weighted by molar-refractivity contribution is -0.115. The summed E-state index contributed by atoms with van der Waals surface area (Å²) in [5.41, 5.74) is 7.86. The number of amides is 1. The van der Waals surface area contributed by atoms with Crippen molar-refractivity contribution in [3.63, 3.8) is 0 Å². The minimum Gasteiger partial charge on any atom is -0.361 e. The van der Waals surface area contributed by atoms with Crippen LogP contribution in [0.15, 0.2) is 24.3 Å². The van der Waals surface area contributed by atoms with Gasteiger partial charge in [0.25, 0.3) is 0 Å². The lowest BCUT2D eigenvalue weighted by atomic mass is 9.89. The lowest BCUT2D eigenvalue weighted by Crippen LogP contribution is -2.40. The number of nitrogens with zero attached hydrogens (tertiary/aromatic N) is 1. The molecule has 0 aromatic heterocycles. The number of benzene rings is 1. The van der Waals surface area contributed by atoms with Crippen molar-refractivity contribution in [2.24, 2.45) is 11.1 Å². The van der Waals surface area contributed by atoms with Gasteiger partial charge < -0.3 is 16.0 Å². The van der Waals surface area contributed by atoms with E-state index in [4.69, 9.17) is 5.73 Å². The molecule has 3 N–H and O–H groups in total. The summed E-state index contributed by atoms with van der Waals surface area (Å²) in [5, 5.41) is 2.90. The Labute approximate surface area is 108 Å². The molecular formula is C14H21N3O. The average molecular weight is 247 g/mol. The summed E-state index contributed by atoms with van der Waals surface area (Å²) in [4.78, 5) is 13.8. The number of nitrogens with one attached hydrogen (secondary N) is 1. The summed E-state index contributed by atoms with van der Waals surface area (Å²) in [7, 11) is 0. The van der Waals surface area contributed by atoms with Gasteiger partial charge in [0.1, 0.15) is 0 Å². The quantitative estimate of drug-likeness (QED) is 0.853. The van der Waals surface area contributed by atoms with Crippen molar-refractivity contribution in [3.8, 4) is 0 Å². The maximum Gasteiger partial charge on any atom is 0.243 e. The molecular weight excluding hydrogens is 226 g/mol. The molecule has 0 bridgehead atoms. The molecule has 0 aliphatic carbocycles. The van der Waals surface area contributed by atoms with Crippen molar-refractivity contribution >= 4 is 17.3 Å². The topological polar surface area (TPSA) is 58.4 Å². The van der Waals surface area contributed by atoms with Crippen LogP contribution in [0.3, 0.4) is 0 Å². The van der Waals surface area contributed by atoms with E-state index in [1.165, 1.54) is 0 Å². The van der Waals surface area contributed by atoms with E-state index in [2.05, 4.69) is 24.1 Å². The summed E-state index contributed by atoms with van der Waals surface area (Å²) in [5.74, 6) is 0.0549. The number of hydrogen-bond donors (Lipinski definition) is 2. The van der Waals surface area contributed by atoms with Gasteiger partial charge in [0.05, 0.1) is 17.9 Å². The van der Waals surface area contributed by atoms with Crippen LogP contribution in [-0.2, 0) is 4.79 Å². The molecule has 1 heterocycles. The van der Waals surface area contributed by atoms with Gasteiger partial charge in [0, 0.05) is 6.54 Å². The molecule has 0 atom stereocenters. The lowest BCUT2D eigenvalue weighted by Gasteiger charge is -2.33. The minimum atomic E-state index is 0.0549. The van der Waals surface area contributed by atoms with Crippen molar-refractivity contribution < 1.29 is 4.79 Å². The van der Waals surface area contributed by atoms with Crippen LogP contribution in [0.2, 0.25) is 0 Å². The van der Waals surface area contributed by atoms with Crippen LogP contribution in [0.25, 0.3) is 0 Å².